The van der Waals surface area contributed by atoms with Crippen LogP contribution in [-0.4, -0.2) is 16.9 Å². The highest BCUT2D eigenvalue weighted by atomic mass is 16.4. The number of hydrogen-bond acceptors (Lipinski definition) is 2. The van der Waals surface area contributed by atoms with E-state index in [1.165, 1.54) is 11.1 Å². The molecule has 0 bridgehead atoms. The van der Waals surface area contributed by atoms with E-state index in [9.17, 15) is 14.7 Å². The van der Waals surface area contributed by atoms with Crippen molar-refractivity contribution >= 4 is 11.8 Å². The van der Waals surface area contributed by atoms with Crippen LogP contribution in [0.3, 0.4) is 0 Å². The van der Waals surface area contributed by atoms with Crippen molar-refractivity contribution in [1.82, 2.24) is 0 Å². The van der Waals surface area contributed by atoms with Gasteiger partial charge in [0.15, 0.2) is 0 Å². The Morgan fingerprint density at radius 1 is 1.19 bits per heavy atom. The van der Waals surface area contributed by atoms with Gasteiger partial charge in [-0.2, -0.15) is 0 Å². The average molecular weight is 286 g/mol. The molecule has 0 aromatic heterocycles. The number of benzene rings is 1. The van der Waals surface area contributed by atoms with Crippen LogP contribution in [0.25, 0.3) is 0 Å². The predicted octanol–water partition coefficient (Wildman–Crippen LogP) is 3.71. The lowest BCUT2D eigenvalue weighted by Gasteiger charge is -2.36. The molecule has 0 amide bonds. The highest BCUT2D eigenvalue weighted by Crippen LogP contribution is 2.45. The SMILES string of the molecule is O=C(O)C1(CC2CCCc3ccccc32)CCCCC1=O. The molecule has 3 nitrogen and oxygen atoms in total. The van der Waals surface area contributed by atoms with Crippen LogP contribution >= 0.6 is 0 Å². The third-order valence-electron chi connectivity index (χ3n) is 5.29. The first-order valence-corrected chi connectivity index (χ1v) is 7.98. The maximum atomic E-state index is 12.4. The van der Waals surface area contributed by atoms with Gasteiger partial charge in [-0.05, 0) is 55.6 Å². The van der Waals surface area contributed by atoms with E-state index in [2.05, 4.69) is 12.1 Å². The van der Waals surface area contributed by atoms with Gasteiger partial charge in [0.25, 0.3) is 0 Å². The van der Waals surface area contributed by atoms with Gasteiger partial charge < -0.3 is 5.11 Å². The van der Waals surface area contributed by atoms with E-state index in [1.54, 1.807) is 0 Å². The summed E-state index contributed by atoms with van der Waals surface area (Å²) in [4.78, 5) is 24.2. The number of aryl methyl sites for hydroxylation is 1. The van der Waals surface area contributed by atoms with Gasteiger partial charge in [-0.15, -0.1) is 0 Å². The number of rotatable bonds is 3. The molecular formula is C18H22O3. The van der Waals surface area contributed by atoms with Crippen LogP contribution in [0, 0.1) is 5.41 Å². The van der Waals surface area contributed by atoms with E-state index < -0.39 is 11.4 Å². The highest BCUT2D eigenvalue weighted by Gasteiger charge is 2.48. The molecule has 1 aromatic carbocycles. The fourth-order valence-corrected chi connectivity index (χ4v) is 4.11. The third kappa shape index (κ3) is 2.50. The molecule has 1 saturated carbocycles. The van der Waals surface area contributed by atoms with Crippen molar-refractivity contribution in [3.05, 3.63) is 35.4 Å². The monoisotopic (exact) mass is 286 g/mol. The summed E-state index contributed by atoms with van der Waals surface area (Å²) < 4.78 is 0. The second-order valence-corrected chi connectivity index (χ2v) is 6.51. The van der Waals surface area contributed by atoms with Crippen LogP contribution in [0.1, 0.15) is 62.0 Å². The van der Waals surface area contributed by atoms with Gasteiger partial charge in [0.1, 0.15) is 11.2 Å². The number of carbonyl (C=O) groups is 2. The number of hydrogen-bond donors (Lipinski definition) is 1. The molecule has 0 radical (unpaired) electrons. The molecule has 0 spiro atoms. The van der Waals surface area contributed by atoms with Gasteiger partial charge >= 0.3 is 5.97 Å². The Labute approximate surface area is 125 Å². The van der Waals surface area contributed by atoms with E-state index in [0.717, 1.165) is 32.1 Å². The molecule has 3 rings (SSSR count). The first-order chi connectivity index (χ1) is 10.1. The van der Waals surface area contributed by atoms with Gasteiger partial charge in [-0.3, -0.25) is 9.59 Å². The van der Waals surface area contributed by atoms with Crippen molar-refractivity contribution in [2.45, 2.75) is 57.3 Å². The average Bonchev–Trinajstić information content (AvgIpc) is 2.50. The highest BCUT2D eigenvalue weighted by molar-refractivity contribution is 6.03. The molecular weight excluding hydrogens is 264 g/mol. The van der Waals surface area contributed by atoms with Crippen LogP contribution in [0.5, 0.6) is 0 Å². The zero-order valence-electron chi connectivity index (χ0n) is 12.3. The summed E-state index contributed by atoms with van der Waals surface area (Å²) in [6, 6.07) is 8.31. The molecule has 2 aliphatic rings. The maximum Gasteiger partial charge on any atom is 0.317 e. The molecule has 1 N–H and O–H groups in total. The Morgan fingerprint density at radius 2 is 2.00 bits per heavy atom. The lowest BCUT2D eigenvalue weighted by atomic mass is 9.65. The molecule has 3 heteroatoms. The molecule has 2 aliphatic carbocycles. The van der Waals surface area contributed by atoms with Gasteiger partial charge in [-0.25, -0.2) is 0 Å². The Hall–Kier alpha value is -1.64. The molecule has 0 saturated heterocycles. The Morgan fingerprint density at radius 3 is 2.76 bits per heavy atom. The molecule has 0 aliphatic heterocycles. The Kier molecular flexibility index (Phi) is 3.83. The lowest BCUT2D eigenvalue weighted by molar-refractivity contribution is -0.158. The molecule has 112 valence electrons. The van der Waals surface area contributed by atoms with Crippen LogP contribution in [0.2, 0.25) is 0 Å². The number of ketones is 1. The Balaban J connectivity index is 1.91. The normalized spacial score (nSPS) is 29.0. The Bertz CT molecular complexity index is 563. The van der Waals surface area contributed by atoms with Crippen molar-refractivity contribution in [2.24, 2.45) is 5.41 Å². The van der Waals surface area contributed by atoms with Gasteiger partial charge in [0, 0.05) is 6.42 Å². The second kappa shape index (κ2) is 5.63. The summed E-state index contributed by atoms with van der Waals surface area (Å²) in [6.07, 6.45) is 6.28. The van der Waals surface area contributed by atoms with Crippen LogP contribution < -0.4 is 0 Å². The summed E-state index contributed by atoms with van der Waals surface area (Å²) in [5.41, 5.74) is 1.47. The van der Waals surface area contributed by atoms with E-state index in [-0.39, 0.29) is 11.7 Å². The molecule has 1 fully saturated rings. The predicted molar refractivity (Wildman–Crippen MR) is 80.3 cm³/mol. The quantitative estimate of drug-likeness (QED) is 0.862. The van der Waals surface area contributed by atoms with E-state index in [1.807, 2.05) is 12.1 Å². The van der Waals surface area contributed by atoms with E-state index >= 15 is 0 Å². The number of fused-ring (bicyclic) bond motifs is 1. The summed E-state index contributed by atoms with van der Waals surface area (Å²) in [5.74, 6) is -0.743. The minimum atomic E-state index is -1.13. The minimum absolute atomic E-state index is 0.0516. The van der Waals surface area contributed by atoms with Crippen molar-refractivity contribution in [1.29, 1.82) is 0 Å². The van der Waals surface area contributed by atoms with Crippen LogP contribution in [-0.2, 0) is 16.0 Å². The number of Topliss-reactive ketones (excluding diaryl/α,β-unsaturated/α-hetero) is 1. The number of carbonyl (C=O) groups excluding carboxylic acids is 1. The molecule has 2 unspecified atom stereocenters. The minimum Gasteiger partial charge on any atom is -0.480 e. The number of carboxylic acids is 1. The van der Waals surface area contributed by atoms with E-state index in [4.69, 9.17) is 0 Å². The first-order valence-electron chi connectivity index (χ1n) is 7.98. The molecule has 2 atom stereocenters. The topological polar surface area (TPSA) is 54.4 Å². The smallest absolute Gasteiger partial charge is 0.317 e. The summed E-state index contributed by atoms with van der Waals surface area (Å²) in [5, 5.41) is 9.72. The maximum absolute atomic E-state index is 12.4. The summed E-state index contributed by atoms with van der Waals surface area (Å²) in [6.45, 7) is 0. The second-order valence-electron chi connectivity index (χ2n) is 6.51. The third-order valence-corrected chi connectivity index (χ3v) is 5.29. The largest absolute Gasteiger partial charge is 0.480 e. The zero-order chi connectivity index (χ0) is 14.9. The fraction of sp³-hybridized carbons (Fsp3) is 0.556. The summed E-state index contributed by atoms with van der Waals surface area (Å²) >= 11 is 0. The zero-order valence-corrected chi connectivity index (χ0v) is 12.3. The van der Waals surface area contributed by atoms with Crippen LogP contribution in [0.4, 0.5) is 0 Å². The van der Waals surface area contributed by atoms with E-state index in [0.29, 0.717) is 19.3 Å². The van der Waals surface area contributed by atoms with Crippen LogP contribution in [0.15, 0.2) is 24.3 Å². The van der Waals surface area contributed by atoms with Crippen molar-refractivity contribution in [2.75, 3.05) is 0 Å². The van der Waals surface area contributed by atoms with Gasteiger partial charge in [0.2, 0.25) is 0 Å². The van der Waals surface area contributed by atoms with Crippen molar-refractivity contribution in [3.63, 3.8) is 0 Å². The van der Waals surface area contributed by atoms with Crippen molar-refractivity contribution < 1.29 is 14.7 Å². The van der Waals surface area contributed by atoms with Crippen molar-refractivity contribution in [3.8, 4) is 0 Å². The molecule has 21 heavy (non-hydrogen) atoms. The number of aliphatic carboxylic acids is 1. The molecule has 0 heterocycles. The van der Waals surface area contributed by atoms with Gasteiger partial charge in [-0.1, -0.05) is 30.7 Å². The lowest BCUT2D eigenvalue weighted by Crippen LogP contribution is -2.43. The standard InChI is InChI=1S/C18H22O3/c19-16-10-3-4-11-18(16,17(20)21)12-14-8-5-7-13-6-1-2-9-15(13)14/h1-2,6,9,14H,3-5,7-8,10-12H2,(H,20,21). The van der Waals surface area contributed by atoms with Gasteiger partial charge in [0.05, 0.1) is 0 Å². The first kappa shape index (κ1) is 14.3. The number of carboxylic acid groups (broad SMARTS) is 1. The molecule has 1 aromatic rings. The fourth-order valence-electron chi connectivity index (χ4n) is 4.11. The summed E-state index contributed by atoms with van der Waals surface area (Å²) in [7, 11) is 0.